The van der Waals surface area contributed by atoms with Crippen LogP contribution in [0.5, 0.6) is 0 Å². The van der Waals surface area contributed by atoms with Crippen LogP contribution >= 0.6 is 0 Å². The van der Waals surface area contributed by atoms with E-state index < -0.39 is 8.32 Å². The fourth-order valence-electron chi connectivity index (χ4n) is 2.62. The Bertz CT molecular complexity index is 191. The summed E-state index contributed by atoms with van der Waals surface area (Å²) in [4.78, 5) is 0. The monoisotopic (exact) mass is 284 g/mol. The van der Waals surface area contributed by atoms with Crippen LogP contribution in [0.4, 0.5) is 0 Å². The van der Waals surface area contributed by atoms with Crippen molar-refractivity contribution in [1.29, 1.82) is 0 Å². The molecular formula is C17H36OSi. The molecule has 0 saturated carbocycles. The molecule has 0 N–H and O–H groups in total. The lowest BCUT2D eigenvalue weighted by molar-refractivity contribution is 0.287. The molecule has 0 bridgehead atoms. The SMILES string of the molecule is C=CCCCCCCCCCO[Si](CC)(CC)CC. The largest absolute Gasteiger partial charge is 0.417 e. The first-order chi connectivity index (χ1) is 9.24. The van der Waals surface area contributed by atoms with E-state index in [4.69, 9.17) is 4.43 Å². The molecule has 19 heavy (non-hydrogen) atoms. The summed E-state index contributed by atoms with van der Waals surface area (Å²) in [5.74, 6) is 0. The van der Waals surface area contributed by atoms with Crippen molar-refractivity contribution in [3.63, 3.8) is 0 Å². The summed E-state index contributed by atoms with van der Waals surface area (Å²) in [7, 11) is -1.32. The molecule has 0 aliphatic heterocycles. The van der Waals surface area contributed by atoms with Gasteiger partial charge in [-0.25, -0.2) is 0 Å². The Morgan fingerprint density at radius 3 is 1.74 bits per heavy atom. The van der Waals surface area contributed by atoms with Gasteiger partial charge in [0, 0.05) is 6.61 Å². The minimum absolute atomic E-state index is 1.01. The first kappa shape index (κ1) is 18.9. The highest BCUT2D eigenvalue weighted by molar-refractivity contribution is 6.73. The van der Waals surface area contributed by atoms with E-state index in [9.17, 15) is 0 Å². The number of unbranched alkanes of at least 4 members (excludes halogenated alkanes) is 7. The second kappa shape index (κ2) is 12.9. The fraction of sp³-hybridized carbons (Fsp3) is 0.882. The van der Waals surface area contributed by atoms with Crippen LogP contribution in [0.3, 0.4) is 0 Å². The third kappa shape index (κ3) is 9.45. The molecule has 1 nitrogen and oxygen atoms in total. The van der Waals surface area contributed by atoms with Crippen LogP contribution in [-0.2, 0) is 4.43 Å². The molecular weight excluding hydrogens is 248 g/mol. The van der Waals surface area contributed by atoms with Crippen LogP contribution in [0.25, 0.3) is 0 Å². The molecule has 2 heteroatoms. The Morgan fingerprint density at radius 1 is 0.789 bits per heavy atom. The lowest BCUT2D eigenvalue weighted by Gasteiger charge is -2.27. The summed E-state index contributed by atoms with van der Waals surface area (Å²) >= 11 is 0. The van der Waals surface area contributed by atoms with Gasteiger partial charge in [0.05, 0.1) is 0 Å². The van der Waals surface area contributed by atoms with Gasteiger partial charge in [-0.2, -0.15) is 0 Å². The Balaban J connectivity index is 3.37. The predicted molar refractivity (Wildman–Crippen MR) is 90.3 cm³/mol. The molecule has 0 aliphatic rings. The highest BCUT2D eigenvalue weighted by Gasteiger charge is 2.27. The average Bonchev–Trinajstić information content (AvgIpc) is 2.46. The zero-order chi connectivity index (χ0) is 14.4. The van der Waals surface area contributed by atoms with E-state index in [0.29, 0.717) is 0 Å². The summed E-state index contributed by atoms with van der Waals surface area (Å²) in [6.07, 6.45) is 12.7. The van der Waals surface area contributed by atoms with Gasteiger partial charge in [0.1, 0.15) is 0 Å². The molecule has 0 aromatic rings. The van der Waals surface area contributed by atoms with Gasteiger partial charge in [-0.15, -0.1) is 6.58 Å². The lowest BCUT2D eigenvalue weighted by Crippen LogP contribution is -2.36. The molecule has 0 fully saturated rings. The minimum atomic E-state index is -1.32. The first-order valence-corrected chi connectivity index (χ1v) is 11.0. The van der Waals surface area contributed by atoms with E-state index in [-0.39, 0.29) is 0 Å². The Labute approximate surface area is 123 Å². The highest BCUT2D eigenvalue weighted by atomic mass is 28.4. The number of rotatable bonds is 14. The van der Waals surface area contributed by atoms with Crippen LogP contribution < -0.4 is 0 Å². The quantitative estimate of drug-likeness (QED) is 0.206. The standard InChI is InChI=1S/C17H36OSi/c1-5-9-10-11-12-13-14-15-16-17-18-19(6-2,7-3)8-4/h5H,1,6-17H2,2-4H3. The molecule has 0 aromatic heterocycles. The fourth-order valence-corrected chi connectivity index (χ4v) is 5.31. The molecule has 0 heterocycles. The topological polar surface area (TPSA) is 9.23 Å². The smallest absolute Gasteiger partial charge is 0.191 e. The maximum absolute atomic E-state index is 6.26. The number of hydrogen-bond acceptors (Lipinski definition) is 1. The third-order valence-electron chi connectivity index (χ3n) is 4.39. The Kier molecular flexibility index (Phi) is 12.9. The van der Waals surface area contributed by atoms with Crippen molar-refractivity contribution in [2.75, 3.05) is 6.61 Å². The molecule has 0 aromatic carbocycles. The van der Waals surface area contributed by atoms with Gasteiger partial charge in [-0.1, -0.05) is 59.0 Å². The first-order valence-electron chi connectivity index (χ1n) is 8.49. The van der Waals surface area contributed by atoms with E-state index in [0.717, 1.165) is 6.61 Å². The van der Waals surface area contributed by atoms with Gasteiger partial charge in [0.2, 0.25) is 0 Å². The predicted octanol–water partition coefficient (Wildman–Crippen LogP) is 6.32. The van der Waals surface area contributed by atoms with Crippen molar-refractivity contribution < 1.29 is 4.43 Å². The molecule has 0 atom stereocenters. The lowest BCUT2D eigenvalue weighted by atomic mass is 10.1. The Hall–Kier alpha value is -0.0831. The summed E-state index contributed by atoms with van der Waals surface area (Å²) in [6, 6.07) is 3.84. The van der Waals surface area contributed by atoms with Crippen LogP contribution in [0, 0.1) is 0 Å². The summed E-state index contributed by atoms with van der Waals surface area (Å²) in [5, 5.41) is 0. The van der Waals surface area contributed by atoms with E-state index >= 15 is 0 Å². The maximum atomic E-state index is 6.26. The second-order valence-electron chi connectivity index (χ2n) is 5.64. The van der Waals surface area contributed by atoms with E-state index in [1.54, 1.807) is 0 Å². The van der Waals surface area contributed by atoms with Gasteiger partial charge in [0.15, 0.2) is 8.32 Å². The Morgan fingerprint density at radius 2 is 1.26 bits per heavy atom. The summed E-state index contributed by atoms with van der Waals surface area (Å²) in [6.45, 7) is 11.7. The van der Waals surface area contributed by atoms with E-state index in [1.807, 2.05) is 6.08 Å². The van der Waals surface area contributed by atoms with Crippen molar-refractivity contribution in [3.05, 3.63) is 12.7 Å². The van der Waals surface area contributed by atoms with Crippen LogP contribution in [0.1, 0.15) is 72.1 Å². The zero-order valence-electron chi connectivity index (χ0n) is 13.7. The van der Waals surface area contributed by atoms with Crippen molar-refractivity contribution in [1.82, 2.24) is 0 Å². The maximum Gasteiger partial charge on any atom is 0.191 e. The summed E-state index contributed by atoms with van der Waals surface area (Å²) in [5.41, 5.74) is 0. The molecule has 0 aliphatic carbocycles. The molecule has 0 amide bonds. The van der Waals surface area contributed by atoms with E-state index in [2.05, 4.69) is 27.4 Å². The van der Waals surface area contributed by atoms with Gasteiger partial charge < -0.3 is 4.43 Å². The normalized spacial score (nSPS) is 11.7. The highest BCUT2D eigenvalue weighted by Crippen LogP contribution is 2.22. The van der Waals surface area contributed by atoms with Crippen LogP contribution in [-0.4, -0.2) is 14.9 Å². The van der Waals surface area contributed by atoms with Gasteiger partial charge in [-0.3, -0.25) is 0 Å². The molecule has 0 saturated heterocycles. The number of hydrogen-bond donors (Lipinski definition) is 0. The number of allylic oxidation sites excluding steroid dienone is 1. The molecule has 0 spiro atoms. The van der Waals surface area contributed by atoms with E-state index in [1.165, 1.54) is 69.5 Å². The minimum Gasteiger partial charge on any atom is -0.417 e. The van der Waals surface area contributed by atoms with Crippen LogP contribution in [0.15, 0.2) is 12.7 Å². The average molecular weight is 285 g/mol. The molecule has 114 valence electrons. The molecule has 0 rings (SSSR count). The third-order valence-corrected chi connectivity index (χ3v) is 9.08. The second-order valence-corrected chi connectivity index (χ2v) is 10.4. The van der Waals surface area contributed by atoms with Crippen LogP contribution in [0.2, 0.25) is 18.1 Å². The van der Waals surface area contributed by atoms with Crippen molar-refractivity contribution in [2.24, 2.45) is 0 Å². The van der Waals surface area contributed by atoms with Gasteiger partial charge in [-0.05, 0) is 37.4 Å². The molecule has 0 unspecified atom stereocenters. The van der Waals surface area contributed by atoms with Crippen molar-refractivity contribution in [2.45, 2.75) is 90.3 Å². The summed E-state index contributed by atoms with van der Waals surface area (Å²) < 4.78 is 6.26. The van der Waals surface area contributed by atoms with Crippen molar-refractivity contribution >= 4 is 8.32 Å². The van der Waals surface area contributed by atoms with Gasteiger partial charge in [0.25, 0.3) is 0 Å². The molecule has 0 radical (unpaired) electrons. The van der Waals surface area contributed by atoms with Gasteiger partial charge >= 0.3 is 0 Å². The van der Waals surface area contributed by atoms with Crippen molar-refractivity contribution in [3.8, 4) is 0 Å². The zero-order valence-corrected chi connectivity index (χ0v) is 14.7.